The van der Waals surface area contributed by atoms with E-state index in [-0.39, 0.29) is 11.8 Å². The first-order chi connectivity index (χ1) is 15.0. The van der Waals surface area contributed by atoms with Gasteiger partial charge in [0.15, 0.2) is 0 Å². The number of imidazole rings is 1. The Hall–Kier alpha value is -3.48. The van der Waals surface area contributed by atoms with Crippen LogP contribution < -0.4 is 4.90 Å². The van der Waals surface area contributed by atoms with E-state index in [1.54, 1.807) is 0 Å². The molecule has 4 aromatic rings. The van der Waals surface area contributed by atoms with E-state index >= 15 is 0 Å². The summed E-state index contributed by atoms with van der Waals surface area (Å²) in [6, 6.07) is 12.1. The predicted octanol–water partition coefficient (Wildman–Crippen LogP) is 4.63. The summed E-state index contributed by atoms with van der Waals surface area (Å²) in [6.07, 6.45) is 3.29. The molecule has 0 spiro atoms. The van der Waals surface area contributed by atoms with Gasteiger partial charge in [-0.2, -0.15) is 4.98 Å². The lowest BCUT2D eigenvalue weighted by molar-refractivity contribution is -0.117. The lowest BCUT2D eigenvalue weighted by atomic mass is 10.1. The summed E-state index contributed by atoms with van der Waals surface area (Å²) in [5.74, 6) is 1.00. The van der Waals surface area contributed by atoms with Crippen molar-refractivity contribution in [3.05, 3.63) is 59.7 Å². The first-order valence-electron chi connectivity index (χ1n) is 10.7. The van der Waals surface area contributed by atoms with Crippen molar-refractivity contribution in [3.63, 3.8) is 0 Å². The second-order valence-corrected chi connectivity index (χ2v) is 8.27. The zero-order valence-electron chi connectivity index (χ0n) is 18.0. The molecule has 1 amide bonds. The summed E-state index contributed by atoms with van der Waals surface area (Å²) < 4.78 is 7.71. The maximum atomic E-state index is 12.7. The number of aromatic nitrogens is 4. The number of amides is 1. The maximum absolute atomic E-state index is 12.7. The van der Waals surface area contributed by atoms with E-state index in [4.69, 9.17) is 4.52 Å². The van der Waals surface area contributed by atoms with Gasteiger partial charge in [-0.1, -0.05) is 18.1 Å². The molecular weight excluding hydrogens is 390 g/mol. The van der Waals surface area contributed by atoms with Gasteiger partial charge in [0.25, 0.3) is 0 Å². The number of hydrogen-bond acceptors (Lipinski definition) is 5. The van der Waals surface area contributed by atoms with Gasteiger partial charge in [0, 0.05) is 30.8 Å². The Morgan fingerprint density at radius 3 is 2.81 bits per heavy atom. The molecule has 0 radical (unpaired) electrons. The molecule has 1 atom stereocenters. The third-order valence-electron chi connectivity index (χ3n) is 6.06. The van der Waals surface area contributed by atoms with Crippen LogP contribution in [0.5, 0.6) is 0 Å². The van der Waals surface area contributed by atoms with Crippen molar-refractivity contribution in [3.8, 4) is 11.4 Å². The SMILES string of the molecule is CCCn1cnc2cc(-c3noc([C@@H]4CC(=O)N(c5ccc(C)c(C)c5)C4)n3)ccc21. The molecule has 1 aliphatic rings. The molecule has 0 aliphatic carbocycles. The normalized spacial score (nSPS) is 16.5. The molecule has 7 nitrogen and oxygen atoms in total. The van der Waals surface area contributed by atoms with Crippen molar-refractivity contribution in [2.45, 2.75) is 46.1 Å². The summed E-state index contributed by atoms with van der Waals surface area (Å²) in [4.78, 5) is 23.6. The fourth-order valence-electron chi connectivity index (χ4n) is 4.16. The van der Waals surface area contributed by atoms with Crippen LogP contribution in [0.2, 0.25) is 0 Å². The standard InChI is InChI=1S/C24H25N5O2/c1-4-9-28-14-25-20-11-17(6-8-21(20)28)23-26-24(31-27-23)18-12-22(30)29(13-18)19-7-5-15(2)16(3)10-19/h5-8,10-11,14,18H,4,9,12-13H2,1-3H3/t18-/m1/s1. The number of nitrogens with zero attached hydrogens (tertiary/aromatic N) is 5. The molecule has 7 heteroatoms. The van der Waals surface area contributed by atoms with Crippen LogP contribution in [0.3, 0.4) is 0 Å². The molecular formula is C24H25N5O2. The predicted molar refractivity (Wildman–Crippen MR) is 119 cm³/mol. The minimum absolute atomic E-state index is 0.0795. The number of fused-ring (bicyclic) bond motifs is 1. The van der Waals surface area contributed by atoms with Crippen LogP contribution in [0.1, 0.15) is 42.7 Å². The Balaban J connectivity index is 1.37. The Bertz CT molecular complexity index is 1270. The zero-order chi connectivity index (χ0) is 21.5. The van der Waals surface area contributed by atoms with E-state index < -0.39 is 0 Å². The van der Waals surface area contributed by atoms with Gasteiger partial charge in [-0.15, -0.1) is 0 Å². The van der Waals surface area contributed by atoms with Crippen molar-refractivity contribution in [1.29, 1.82) is 0 Å². The molecule has 0 saturated carbocycles. The molecule has 1 aliphatic heterocycles. The van der Waals surface area contributed by atoms with Crippen molar-refractivity contribution in [1.82, 2.24) is 19.7 Å². The molecule has 0 unspecified atom stereocenters. The van der Waals surface area contributed by atoms with Crippen LogP contribution in [0, 0.1) is 13.8 Å². The Labute approximate surface area is 180 Å². The van der Waals surface area contributed by atoms with Crippen LogP contribution in [-0.2, 0) is 11.3 Å². The van der Waals surface area contributed by atoms with Gasteiger partial charge in [0.1, 0.15) is 0 Å². The molecule has 2 aromatic carbocycles. The lowest BCUT2D eigenvalue weighted by Crippen LogP contribution is -2.24. The van der Waals surface area contributed by atoms with Crippen LogP contribution in [0.25, 0.3) is 22.4 Å². The number of carbonyl (C=O) groups is 1. The van der Waals surface area contributed by atoms with Crippen molar-refractivity contribution >= 4 is 22.6 Å². The Morgan fingerprint density at radius 1 is 1.13 bits per heavy atom. The number of anilines is 1. The molecule has 0 N–H and O–H groups in total. The Kier molecular flexibility index (Phi) is 4.81. The van der Waals surface area contributed by atoms with Crippen LogP contribution in [0.4, 0.5) is 5.69 Å². The highest BCUT2D eigenvalue weighted by Crippen LogP contribution is 2.33. The third kappa shape index (κ3) is 3.50. The van der Waals surface area contributed by atoms with Gasteiger partial charge >= 0.3 is 0 Å². The molecule has 0 bridgehead atoms. The largest absolute Gasteiger partial charge is 0.339 e. The number of carbonyl (C=O) groups excluding carboxylic acids is 1. The maximum Gasteiger partial charge on any atom is 0.232 e. The molecule has 2 aromatic heterocycles. The average Bonchev–Trinajstić information content (AvgIpc) is 3.49. The summed E-state index contributed by atoms with van der Waals surface area (Å²) in [7, 11) is 0. The van der Waals surface area contributed by atoms with E-state index in [1.807, 2.05) is 41.6 Å². The molecule has 5 rings (SSSR count). The molecule has 158 valence electrons. The Morgan fingerprint density at radius 2 is 2.00 bits per heavy atom. The van der Waals surface area contributed by atoms with E-state index in [0.717, 1.165) is 35.2 Å². The highest BCUT2D eigenvalue weighted by Gasteiger charge is 2.35. The number of hydrogen-bond donors (Lipinski definition) is 0. The molecule has 1 saturated heterocycles. The number of benzene rings is 2. The monoisotopic (exact) mass is 415 g/mol. The van der Waals surface area contributed by atoms with E-state index in [1.165, 1.54) is 11.1 Å². The van der Waals surface area contributed by atoms with Gasteiger partial charge in [0.2, 0.25) is 17.6 Å². The summed E-state index contributed by atoms with van der Waals surface area (Å²) in [5.41, 5.74) is 6.17. The van der Waals surface area contributed by atoms with Gasteiger partial charge in [0.05, 0.1) is 23.3 Å². The van der Waals surface area contributed by atoms with Crippen molar-refractivity contribution < 1.29 is 9.32 Å². The van der Waals surface area contributed by atoms with Crippen LogP contribution in [0.15, 0.2) is 47.2 Å². The van der Waals surface area contributed by atoms with Gasteiger partial charge in [-0.25, -0.2) is 4.98 Å². The molecule has 3 heterocycles. The third-order valence-corrected chi connectivity index (χ3v) is 6.06. The number of aryl methyl sites for hydroxylation is 3. The highest BCUT2D eigenvalue weighted by atomic mass is 16.5. The smallest absolute Gasteiger partial charge is 0.232 e. The van der Waals surface area contributed by atoms with Crippen LogP contribution >= 0.6 is 0 Å². The minimum atomic E-state index is -0.108. The average molecular weight is 415 g/mol. The second kappa shape index (κ2) is 7.65. The van der Waals surface area contributed by atoms with E-state index in [2.05, 4.69) is 46.5 Å². The molecule has 1 fully saturated rings. The molecule has 31 heavy (non-hydrogen) atoms. The van der Waals surface area contributed by atoms with Crippen molar-refractivity contribution in [2.24, 2.45) is 0 Å². The van der Waals surface area contributed by atoms with Gasteiger partial charge in [-0.3, -0.25) is 4.79 Å². The summed E-state index contributed by atoms with van der Waals surface area (Å²) >= 11 is 0. The van der Waals surface area contributed by atoms with Gasteiger partial charge in [-0.05, 0) is 61.7 Å². The quantitative estimate of drug-likeness (QED) is 0.475. The highest BCUT2D eigenvalue weighted by molar-refractivity contribution is 5.96. The summed E-state index contributed by atoms with van der Waals surface area (Å²) in [5, 5.41) is 4.18. The van der Waals surface area contributed by atoms with Crippen LogP contribution in [-0.4, -0.2) is 32.1 Å². The number of rotatable bonds is 5. The first kappa shape index (κ1) is 19.5. The topological polar surface area (TPSA) is 77.0 Å². The summed E-state index contributed by atoms with van der Waals surface area (Å²) in [6.45, 7) is 7.76. The minimum Gasteiger partial charge on any atom is -0.339 e. The first-order valence-corrected chi connectivity index (χ1v) is 10.7. The van der Waals surface area contributed by atoms with Crippen molar-refractivity contribution in [2.75, 3.05) is 11.4 Å². The fraction of sp³-hybridized carbons (Fsp3) is 0.333. The lowest BCUT2D eigenvalue weighted by Gasteiger charge is -2.17. The zero-order valence-corrected chi connectivity index (χ0v) is 18.0. The van der Waals surface area contributed by atoms with E-state index in [0.29, 0.717) is 24.7 Å². The second-order valence-electron chi connectivity index (χ2n) is 8.27. The fourth-order valence-corrected chi connectivity index (χ4v) is 4.16. The van der Waals surface area contributed by atoms with E-state index in [9.17, 15) is 4.79 Å². The van der Waals surface area contributed by atoms with Gasteiger partial charge < -0.3 is 14.0 Å².